The fourth-order valence-electron chi connectivity index (χ4n) is 3.10. The molecule has 0 fully saturated rings. The molecule has 3 rings (SSSR count). The summed E-state index contributed by atoms with van der Waals surface area (Å²) in [6.07, 6.45) is -4.40. The number of rotatable bonds is 3. The summed E-state index contributed by atoms with van der Waals surface area (Å²) in [6, 6.07) is 15.8. The first-order chi connectivity index (χ1) is 16.7. The second kappa shape index (κ2) is 10.8. The summed E-state index contributed by atoms with van der Waals surface area (Å²) in [4.78, 5) is 10.8. The third-order valence-electron chi connectivity index (χ3n) is 4.88. The van der Waals surface area contributed by atoms with E-state index in [9.17, 15) is 32.9 Å². The molecule has 0 radical (unpaired) electrons. The zero-order chi connectivity index (χ0) is 25.4. The van der Waals surface area contributed by atoms with E-state index in [0.29, 0.717) is 33.4 Å². The van der Waals surface area contributed by atoms with Gasteiger partial charge in [-0.2, -0.15) is 28.1 Å². The van der Waals surface area contributed by atoms with E-state index in [1.165, 1.54) is 36.4 Å². The van der Waals surface area contributed by atoms with Crippen LogP contribution >= 0.6 is 0 Å². The molecule has 3 aromatic rings. The Kier molecular flexibility index (Phi) is 7.68. The fourth-order valence-corrected chi connectivity index (χ4v) is 3.10. The van der Waals surface area contributed by atoms with Crippen molar-refractivity contribution in [3.05, 3.63) is 105 Å². The Bertz CT molecular complexity index is 1470. The minimum absolute atomic E-state index is 0.0158. The van der Waals surface area contributed by atoms with Crippen LogP contribution < -0.4 is 0 Å². The van der Waals surface area contributed by atoms with E-state index in [1.54, 1.807) is 12.1 Å². The van der Waals surface area contributed by atoms with Crippen molar-refractivity contribution in [3.63, 3.8) is 0 Å². The van der Waals surface area contributed by atoms with Gasteiger partial charge in [-0.15, -0.1) is 0 Å². The molecule has 170 valence electrons. The van der Waals surface area contributed by atoms with Gasteiger partial charge in [0.1, 0.15) is 0 Å². The molecule has 0 saturated heterocycles. The lowest BCUT2D eigenvalue weighted by Gasteiger charge is -2.07. The Hall–Kier alpha value is -4.85. The summed E-state index contributed by atoms with van der Waals surface area (Å²) < 4.78 is 51.1. The van der Waals surface area contributed by atoms with Crippen molar-refractivity contribution in [1.29, 1.82) is 10.5 Å². The summed E-state index contributed by atoms with van der Waals surface area (Å²) >= 11 is 0. The van der Waals surface area contributed by atoms with Crippen LogP contribution in [0.3, 0.4) is 0 Å². The van der Waals surface area contributed by atoms with Gasteiger partial charge >= 0.3 is 12.2 Å². The highest BCUT2D eigenvalue weighted by Gasteiger charge is 2.29. The van der Waals surface area contributed by atoms with E-state index in [-0.39, 0.29) is 18.4 Å². The molecule has 0 aromatic heterocycles. The maximum atomic E-state index is 12.8. The molecule has 0 heterocycles. The van der Waals surface area contributed by atoms with Gasteiger partial charge in [-0.25, -0.2) is 0 Å². The van der Waals surface area contributed by atoms with Crippen molar-refractivity contribution >= 4 is 6.04 Å². The summed E-state index contributed by atoms with van der Waals surface area (Å²) in [6.45, 7) is 0. The Morgan fingerprint density at radius 3 is 1.57 bits per heavy atom. The van der Waals surface area contributed by atoms with Gasteiger partial charge in [0, 0.05) is 22.3 Å². The lowest BCUT2D eigenvalue weighted by Crippen LogP contribution is -2.04. The number of halogens is 4. The average molecular weight is 470 g/mol. The van der Waals surface area contributed by atoms with Crippen LogP contribution in [0, 0.1) is 46.3 Å². The summed E-state index contributed by atoms with van der Waals surface area (Å²) in [5.74, 6) is 11.5. The van der Waals surface area contributed by atoms with E-state index in [4.69, 9.17) is 0 Å². The molecule has 0 spiro atoms. The Morgan fingerprint density at radius 1 is 0.714 bits per heavy atom. The van der Waals surface area contributed by atoms with Crippen LogP contribution in [0.25, 0.3) is 0 Å². The standard InChI is InChI=1S/C28H14F4N2O/c29-27(35)21-7-1-19(2-8-21)3-9-22-17-23(25(14-16-34)18-24(22)13-15-33)10-4-20-5-11-26(12-6-20)28(30,31)32/h1-2,5-8,11-12,17-18H,13-14H2. The molecule has 0 aliphatic rings. The molecule has 0 unspecified atom stereocenters. The van der Waals surface area contributed by atoms with Gasteiger partial charge in [0.05, 0.1) is 36.1 Å². The van der Waals surface area contributed by atoms with Crippen LogP contribution in [-0.4, -0.2) is 6.04 Å². The molecule has 0 aliphatic heterocycles. The molecular formula is C28H14F4N2O. The molecule has 3 aromatic carbocycles. The monoisotopic (exact) mass is 470 g/mol. The van der Waals surface area contributed by atoms with Crippen molar-refractivity contribution in [1.82, 2.24) is 0 Å². The molecule has 0 amide bonds. The molecule has 7 heteroatoms. The molecule has 0 saturated carbocycles. The predicted octanol–water partition coefficient (Wildman–Crippen LogP) is 5.75. The van der Waals surface area contributed by atoms with Crippen LogP contribution in [0.2, 0.25) is 0 Å². The number of nitrogens with zero attached hydrogens (tertiary/aromatic N) is 2. The molecule has 3 nitrogen and oxygen atoms in total. The summed E-state index contributed by atoms with van der Waals surface area (Å²) in [5.41, 5.74) is 2.08. The minimum Gasteiger partial charge on any atom is -0.255 e. The predicted molar refractivity (Wildman–Crippen MR) is 120 cm³/mol. The van der Waals surface area contributed by atoms with Gasteiger partial charge in [0.2, 0.25) is 0 Å². The topological polar surface area (TPSA) is 64.7 Å². The highest BCUT2D eigenvalue weighted by molar-refractivity contribution is 5.88. The highest BCUT2D eigenvalue weighted by Crippen LogP contribution is 2.29. The van der Waals surface area contributed by atoms with Gasteiger partial charge in [-0.3, -0.25) is 4.79 Å². The molecule has 35 heavy (non-hydrogen) atoms. The number of hydrogen-bond acceptors (Lipinski definition) is 3. The van der Waals surface area contributed by atoms with Gasteiger partial charge < -0.3 is 0 Å². The zero-order valence-corrected chi connectivity index (χ0v) is 18.0. The van der Waals surface area contributed by atoms with Gasteiger partial charge in [0.15, 0.2) is 0 Å². The number of benzene rings is 3. The molecule has 0 aliphatic carbocycles. The van der Waals surface area contributed by atoms with Gasteiger partial charge in [-0.05, 0) is 65.7 Å². The van der Waals surface area contributed by atoms with Gasteiger partial charge in [-0.1, -0.05) is 29.7 Å². The Labute approximate surface area is 199 Å². The zero-order valence-electron chi connectivity index (χ0n) is 18.0. The third kappa shape index (κ3) is 6.58. The number of carbonyl (C=O) groups is 1. The van der Waals surface area contributed by atoms with E-state index < -0.39 is 17.8 Å². The van der Waals surface area contributed by atoms with Crippen LogP contribution in [-0.2, 0) is 19.0 Å². The number of nitriles is 2. The van der Waals surface area contributed by atoms with E-state index in [1.807, 2.05) is 12.1 Å². The highest BCUT2D eigenvalue weighted by atomic mass is 19.4. The third-order valence-corrected chi connectivity index (χ3v) is 4.88. The van der Waals surface area contributed by atoms with Crippen LogP contribution in [0.5, 0.6) is 0 Å². The smallest absolute Gasteiger partial charge is 0.255 e. The molecular weight excluding hydrogens is 456 g/mol. The fraction of sp³-hybridized carbons (Fsp3) is 0.107. The number of alkyl halides is 3. The molecule has 0 atom stereocenters. The van der Waals surface area contributed by atoms with E-state index in [2.05, 4.69) is 23.7 Å². The first-order valence-corrected chi connectivity index (χ1v) is 10.1. The van der Waals surface area contributed by atoms with Crippen LogP contribution in [0.1, 0.15) is 49.3 Å². The van der Waals surface area contributed by atoms with E-state index >= 15 is 0 Å². The van der Waals surface area contributed by atoms with Crippen molar-refractivity contribution in [2.24, 2.45) is 0 Å². The second-order valence-electron chi connectivity index (χ2n) is 7.26. The van der Waals surface area contributed by atoms with Crippen molar-refractivity contribution in [3.8, 4) is 35.8 Å². The number of carbonyl (C=O) groups excluding carboxylic acids is 1. The van der Waals surface area contributed by atoms with Crippen molar-refractivity contribution < 1.29 is 22.4 Å². The molecule has 0 bridgehead atoms. The Morgan fingerprint density at radius 2 is 1.17 bits per heavy atom. The summed E-state index contributed by atoms with van der Waals surface area (Å²) in [7, 11) is 0. The second-order valence-corrected chi connectivity index (χ2v) is 7.26. The van der Waals surface area contributed by atoms with Crippen molar-refractivity contribution in [2.45, 2.75) is 19.0 Å². The average Bonchev–Trinajstić information content (AvgIpc) is 2.83. The lowest BCUT2D eigenvalue weighted by molar-refractivity contribution is -0.137. The maximum Gasteiger partial charge on any atom is 0.416 e. The van der Waals surface area contributed by atoms with Gasteiger partial charge in [0.25, 0.3) is 0 Å². The normalized spacial score (nSPS) is 10.1. The first-order valence-electron chi connectivity index (χ1n) is 10.1. The summed E-state index contributed by atoms with van der Waals surface area (Å²) in [5, 5.41) is 18.4. The quantitative estimate of drug-likeness (QED) is 0.278. The number of hydrogen-bond donors (Lipinski definition) is 0. The minimum atomic E-state index is -4.45. The SMILES string of the molecule is N#CCc1cc(CC#N)c(C#Cc2ccc(C(F)(F)F)cc2)cc1C#Cc1ccc(C(=O)F)cc1. The van der Waals surface area contributed by atoms with Crippen LogP contribution in [0.15, 0.2) is 60.7 Å². The molecule has 0 N–H and O–H groups in total. The first kappa shape index (κ1) is 24.8. The van der Waals surface area contributed by atoms with Crippen molar-refractivity contribution in [2.75, 3.05) is 0 Å². The Balaban J connectivity index is 2.02. The van der Waals surface area contributed by atoms with Crippen LogP contribution in [0.4, 0.5) is 17.6 Å². The largest absolute Gasteiger partial charge is 0.416 e. The maximum absolute atomic E-state index is 12.8. The van der Waals surface area contributed by atoms with E-state index in [0.717, 1.165) is 12.1 Å². The lowest BCUT2D eigenvalue weighted by atomic mass is 9.95.